The van der Waals surface area contributed by atoms with Gasteiger partial charge in [0.1, 0.15) is 0 Å². The molecule has 0 amide bonds. The van der Waals surface area contributed by atoms with Gasteiger partial charge < -0.3 is 5.32 Å². The number of rotatable bonds is 4. The van der Waals surface area contributed by atoms with Crippen LogP contribution >= 0.6 is 0 Å². The third-order valence-corrected chi connectivity index (χ3v) is 1.68. The van der Waals surface area contributed by atoms with E-state index in [1.165, 1.54) is 6.20 Å². The van der Waals surface area contributed by atoms with E-state index >= 15 is 0 Å². The lowest BCUT2D eigenvalue weighted by molar-refractivity contribution is -0.124. The van der Waals surface area contributed by atoms with Crippen molar-refractivity contribution in [1.82, 2.24) is 10.3 Å². The summed E-state index contributed by atoms with van der Waals surface area (Å²) in [6.07, 6.45) is -2.37. The first-order chi connectivity index (χ1) is 7.40. The van der Waals surface area contributed by atoms with Crippen LogP contribution in [0.15, 0.2) is 18.5 Å². The summed E-state index contributed by atoms with van der Waals surface area (Å²) in [7, 11) is 0. The third kappa shape index (κ3) is 3.93. The molecule has 1 N–H and O–H groups in total. The molecule has 0 atom stereocenters. The van der Waals surface area contributed by atoms with Gasteiger partial charge in [0.2, 0.25) is 0 Å². The molecule has 16 heavy (non-hydrogen) atoms. The van der Waals surface area contributed by atoms with Crippen LogP contribution in [0.1, 0.15) is 10.4 Å². The van der Waals surface area contributed by atoms with E-state index in [9.17, 15) is 22.4 Å². The maximum Gasteiger partial charge on any atom is 0.401 e. The number of halogens is 4. The van der Waals surface area contributed by atoms with Gasteiger partial charge in [0, 0.05) is 6.20 Å². The van der Waals surface area contributed by atoms with Crippen molar-refractivity contribution in [2.45, 2.75) is 6.18 Å². The molecule has 1 aromatic rings. The van der Waals surface area contributed by atoms with Crippen LogP contribution in [0.2, 0.25) is 0 Å². The molecule has 0 saturated carbocycles. The van der Waals surface area contributed by atoms with Crippen LogP contribution in [-0.4, -0.2) is 30.0 Å². The summed E-state index contributed by atoms with van der Waals surface area (Å²) in [5, 5.41) is 1.89. The lowest BCUT2D eigenvalue weighted by Crippen LogP contribution is -2.33. The Labute approximate surface area is 88.5 Å². The van der Waals surface area contributed by atoms with Crippen LogP contribution in [0.25, 0.3) is 0 Å². The topological polar surface area (TPSA) is 42.0 Å². The average Bonchev–Trinajstić information content (AvgIpc) is 2.16. The number of hydrogen-bond donors (Lipinski definition) is 1. The molecule has 0 aromatic carbocycles. The SMILES string of the molecule is O=C(CNCC(F)(F)F)c1ccncc1F. The molecule has 0 aliphatic rings. The fraction of sp³-hybridized carbons (Fsp3) is 0.333. The van der Waals surface area contributed by atoms with Gasteiger partial charge in [-0.15, -0.1) is 0 Å². The van der Waals surface area contributed by atoms with E-state index in [0.717, 1.165) is 12.3 Å². The van der Waals surface area contributed by atoms with Gasteiger partial charge in [-0.05, 0) is 6.07 Å². The van der Waals surface area contributed by atoms with E-state index in [1.54, 1.807) is 0 Å². The van der Waals surface area contributed by atoms with Crippen molar-refractivity contribution in [2.24, 2.45) is 0 Å². The second kappa shape index (κ2) is 5.02. The van der Waals surface area contributed by atoms with E-state index in [1.807, 2.05) is 5.32 Å². The molecule has 0 fully saturated rings. The highest BCUT2D eigenvalue weighted by Crippen LogP contribution is 2.12. The van der Waals surface area contributed by atoms with Crippen LogP contribution in [0.4, 0.5) is 17.6 Å². The molecule has 0 aliphatic heterocycles. The van der Waals surface area contributed by atoms with Crippen molar-refractivity contribution in [1.29, 1.82) is 0 Å². The highest BCUT2D eigenvalue weighted by Gasteiger charge is 2.26. The summed E-state index contributed by atoms with van der Waals surface area (Å²) in [5.74, 6) is -1.59. The van der Waals surface area contributed by atoms with E-state index in [0.29, 0.717) is 0 Å². The molecule has 0 bridgehead atoms. The summed E-state index contributed by atoms with van der Waals surface area (Å²) in [6.45, 7) is -1.86. The highest BCUT2D eigenvalue weighted by molar-refractivity contribution is 5.97. The standard InChI is InChI=1S/C9H8F4N2O/c10-7-3-14-2-1-6(7)8(16)4-15-5-9(11,12)13/h1-3,15H,4-5H2. The summed E-state index contributed by atoms with van der Waals surface area (Å²) in [5.41, 5.74) is -0.273. The van der Waals surface area contributed by atoms with E-state index < -0.39 is 30.9 Å². The molecular formula is C9H8F4N2O. The normalized spacial score (nSPS) is 11.5. The smallest absolute Gasteiger partial charge is 0.302 e. The Morgan fingerprint density at radius 2 is 2.12 bits per heavy atom. The van der Waals surface area contributed by atoms with Gasteiger partial charge in [0.25, 0.3) is 0 Å². The first-order valence-corrected chi connectivity index (χ1v) is 4.30. The number of pyridine rings is 1. The van der Waals surface area contributed by atoms with Crippen LogP contribution in [0, 0.1) is 5.82 Å². The predicted octanol–water partition coefficient (Wildman–Crippen LogP) is 1.56. The second-order valence-electron chi connectivity index (χ2n) is 3.00. The molecule has 0 saturated heterocycles. The van der Waals surface area contributed by atoms with Crippen molar-refractivity contribution in [3.05, 3.63) is 29.8 Å². The molecule has 3 nitrogen and oxygen atoms in total. The summed E-state index contributed by atoms with van der Waals surface area (Å²) in [6, 6.07) is 1.12. The Hall–Kier alpha value is -1.50. The number of carbonyl (C=O) groups excluding carboxylic acids is 1. The van der Waals surface area contributed by atoms with Crippen molar-refractivity contribution in [3.63, 3.8) is 0 Å². The molecular weight excluding hydrogens is 228 g/mol. The minimum Gasteiger partial charge on any atom is -0.302 e. The number of hydrogen-bond acceptors (Lipinski definition) is 3. The molecule has 88 valence electrons. The summed E-state index contributed by atoms with van der Waals surface area (Å²) >= 11 is 0. The first kappa shape index (κ1) is 12.6. The number of ketones is 1. The largest absolute Gasteiger partial charge is 0.401 e. The fourth-order valence-corrected chi connectivity index (χ4v) is 1.01. The second-order valence-corrected chi connectivity index (χ2v) is 3.00. The zero-order valence-corrected chi connectivity index (χ0v) is 8.01. The van der Waals surface area contributed by atoms with Gasteiger partial charge in [0.05, 0.1) is 24.8 Å². The van der Waals surface area contributed by atoms with Crippen molar-refractivity contribution in [2.75, 3.05) is 13.1 Å². The van der Waals surface area contributed by atoms with Crippen molar-refractivity contribution < 1.29 is 22.4 Å². The monoisotopic (exact) mass is 236 g/mol. The fourth-order valence-electron chi connectivity index (χ4n) is 1.01. The number of Topliss-reactive ketones (excluding diaryl/α,β-unsaturated/α-hetero) is 1. The number of alkyl halides is 3. The quantitative estimate of drug-likeness (QED) is 0.637. The van der Waals surface area contributed by atoms with Gasteiger partial charge in [0.15, 0.2) is 11.6 Å². The van der Waals surface area contributed by atoms with E-state index in [2.05, 4.69) is 4.98 Å². The van der Waals surface area contributed by atoms with Gasteiger partial charge in [-0.3, -0.25) is 9.78 Å². The molecule has 0 unspecified atom stereocenters. The minimum absolute atomic E-state index is 0.273. The minimum atomic E-state index is -4.39. The van der Waals surface area contributed by atoms with Gasteiger partial charge in [-0.25, -0.2) is 4.39 Å². The van der Waals surface area contributed by atoms with E-state index in [-0.39, 0.29) is 5.56 Å². The molecule has 1 rings (SSSR count). The maximum atomic E-state index is 13.0. The van der Waals surface area contributed by atoms with Crippen LogP contribution in [0.3, 0.4) is 0 Å². The van der Waals surface area contributed by atoms with Gasteiger partial charge in [-0.1, -0.05) is 0 Å². The summed E-state index contributed by atoms with van der Waals surface area (Å²) in [4.78, 5) is 14.7. The molecule has 7 heteroatoms. The van der Waals surface area contributed by atoms with Gasteiger partial charge in [-0.2, -0.15) is 13.2 Å². The number of nitrogens with one attached hydrogen (secondary N) is 1. The van der Waals surface area contributed by atoms with Gasteiger partial charge >= 0.3 is 6.18 Å². The zero-order valence-electron chi connectivity index (χ0n) is 8.01. The van der Waals surface area contributed by atoms with Crippen molar-refractivity contribution >= 4 is 5.78 Å². The number of nitrogens with zero attached hydrogens (tertiary/aromatic N) is 1. The molecule has 0 spiro atoms. The van der Waals surface area contributed by atoms with Crippen LogP contribution in [-0.2, 0) is 0 Å². The van der Waals surface area contributed by atoms with E-state index in [4.69, 9.17) is 0 Å². The third-order valence-electron chi connectivity index (χ3n) is 1.68. The Morgan fingerprint density at radius 3 is 2.69 bits per heavy atom. The Kier molecular flexibility index (Phi) is 3.94. The molecule has 1 aromatic heterocycles. The number of aromatic nitrogens is 1. The highest BCUT2D eigenvalue weighted by atomic mass is 19.4. The Morgan fingerprint density at radius 1 is 1.44 bits per heavy atom. The lowest BCUT2D eigenvalue weighted by Gasteiger charge is -2.07. The molecule has 0 radical (unpaired) electrons. The Balaban J connectivity index is 2.51. The predicted molar refractivity (Wildman–Crippen MR) is 47.5 cm³/mol. The molecule has 1 heterocycles. The number of carbonyl (C=O) groups is 1. The van der Waals surface area contributed by atoms with Crippen LogP contribution in [0.5, 0.6) is 0 Å². The van der Waals surface area contributed by atoms with Crippen LogP contribution < -0.4 is 5.32 Å². The zero-order chi connectivity index (χ0) is 12.2. The average molecular weight is 236 g/mol. The summed E-state index contributed by atoms with van der Waals surface area (Å²) < 4.78 is 48.2. The maximum absolute atomic E-state index is 13.0. The Bertz CT molecular complexity index is 378. The first-order valence-electron chi connectivity index (χ1n) is 4.30. The molecule has 0 aliphatic carbocycles. The van der Waals surface area contributed by atoms with Crippen molar-refractivity contribution in [3.8, 4) is 0 Å². The lowest BCUT2D eigenvalue weighted by atomic mass is 10.1.